The first-order chi connectivity index (χ1) is 7.70. The summed E-state index contributed by atoms with van der Waals surface area (Å²) in [6, 6.07) is 0.464. The summed E-state index contributed by atoms with van der Waals surface area (Å²) < 4.78 is 9.60. The maximum Gasteiger partial charge on any atom is 0.197 e. The SMILES string of the molecule is CCOc1c(N)nsc1NC(C)CC1CC1. The van der Waals surface area contributed by atoms with Gasteiger partial charge in [0.1, 0.15) is 0 Å². The molecule has 5 heteroatoms. The smallest absolute Gasteiger partial charge is 0.197 e. The van der Waals surface area contributed by atoms with Crippen molar-refractivity contribution in [3.05, 3.63) is 0 Å². The van der Waals surface area contributed by atoms with Crippen LogP contribution in [0, 0.1) is 5.92 Å². The van der Waals surface area contributed by atoms with Gasteiger partial charge >= 0.3 is 0 Å². The Morgan fingerprint density at radius 1 is 1.62 bits per heavy atom. The van der Waals surface area contributed by atoms with E-state index in [-0.39, 0.29) is 0 Å². The molecule has 16 heavy (non-hydrogen) atoms. The average molecular weight is 241 g/mol. The minimum atomic E-state index is 0.464. The highest BCUT2D eigenvalue weighted by molar-refractivity contribution is 7.11. The van der Waals surface area contributed by atoms with Gasteiger partial charge in [0.25, 0.3) is 0 Å². The van der Waals surface area contributed by atoms with Gasteiger partial charge in [0, 0.05) is 6.04 Å². The van der Waals surface area contributed by atoms with Crippen LogP contribution in [0.4, 0.5) is 10.8 Å². The largest absolute Gasteiger partial charge is 0.487 e. The average Bonchev–Trinajstić information content (AvgIpc) is 2.98. The van der Waals surface area contributed by atoms with Gasteiger partial charge in [-0.1, -0.05) is 12.8 Å². The van der Waals surface area contributed by atoms with Gasteiger partial charge < -0.3 is 15.8 Å². The van der Waals surface area contributed by atoms with Crippen molar-refractivity contribution in [1.29, 1.82) is 0 Å². The fourth-order valence-electron chi connectivity index (χ4n) is 1.81. The fourth-order valence-corrected chi connectivity index (χ4v) is 2.58. The summed E-state index contributed by atoms with van der Waals surface area (Å²) in [6.45, 7) is 4.77. The molecule has 1 heterocycles. The van der Waals surface area contributed by atoms with E-state index in [2.05, 4.69) is 16.6 Å². The van der Waals surface area contributed by atoms with E-state index in [4.69, 9.17) is 10.5 Å². The molecule has 2 rings (SSSR count). The van der Waals surface area contributed by atoms with E-state index < -0.39 is 0 Å². The Kier molecular flexibility index (Phi) is 3.53. The third-order valence-corrected chi connectivity index (χ3v) is 3.50. The normalized spacial score (nSPS) is 17.1. The highest BCUT2D eigenvalue weighted by Crippen LogP contribution is 2.38. The van der Waals surface area contributed by atoms with E-state index in [1.165, 1.54) is 30.8 Å². The maximum absolute atomic E-state index is 5.75. The predicted octanol–water partition coefficient (Wildman–Crippen LogP) is 2.72. The molecule has 1 fully saturated rings. The Balaban J connectivity index is 1.95. The first-order valence-corrected chi connectivity index (χ1v) is 6.62. The van der Waals surface area contributed by atoms with Gasteiger partial charge in [-0.25, -0.2) is 0 Å². The van der Waals surface area contributed by atoms with E-state index in [9.17, 15) is 0 Å². The molecule has 0 radical (unpaired) electrons. The highest BCUT2D eigenvalue weighted by atomic mass is 32.1. The molecule has 0 bridgehead atoms. The van der Waals surface area contributed by atoms with Crippen LogP contribution in [0.5, 0.6) is 5.75 Å². The van der Waals surface area contributed by atoms with Gasteiger partial charge in [0.05, 0.1) is 6.61 Å². The summed E-state index contributed by atoms with van der Waals surface area (Å²) in [7, 11) is 0. The topological polar surface area (TPSA) is 60.2 Å². The number of hydrogen-bond donors (Lipinski definition) is 2. The van der Waals surface area contributed by atoms with Crippen molar-refractivity contribution >= 4 is 22.4 Å². The van der Waals surface area contributed by atoms with E-state index in [0.29, 0.717) is 18.5 Å². The zero-order valence-corrected chi connectivity index (χ0v) is 10.6. The molecule has 4 nitrogen and oxygen atoms in total. The first-order valence-electron chi connectivity index (χ1n) is 5.85. The molecule has 0 amide bonds. The van der Waals surface area contributed by atoms with Gasteiger partial charge in [-0.3, -0.25) is 0 Å². The second-order valence-corrected chi connectivity index (χ2v) is 5.16. The third kappa shape index (κ3) is 2.78. The number of nitrogens with two attached hydrogens (primary N) is 1. The lowest BCUT2D eigenvalue weighted by molar-refractivity contribution is 0.344. The van der Waals surface area contributed by atoms with Crippen LogP contribution in [-0.4, -0.2) is 17.0 Å². The minimum absolute atomic E-state index is 0.464. The number of hydrogen-bond acceptors (Lipinski definition) is 5. The zero-order chi connectivity index (χ0) is 11.5. The predicted molar refractivity (Wildman–Crippen MR) is 68.1 cm³/mol. The molecule has 90 valence electrons. The van der Waals surface area contributed by atoms with E-state index in [0.717, 1.165) is 16.7 Å². The molecular formula is C11H19N3OS. The van der Waals surface area contributed by atoms with Crippen molar-refractivity contribution in [3.8, 4) is 5.75 Å². The van der Waals surface area contributed by atoms with Crippen molar-refractivity contribution in [2.75, 3.05) is 17.7 Å². The Morgan fingerprint density at radius 2 is 2.38 bits per heavy atom. The molecule has 1 aromatic heterocycles. The molecule has 1 aliphatic rings. The Morgan fingerprint density at radius 3 is 3.00 bits per heavy atom. The van der Waals surface area contributed by atoms with Gasteiger partial charge in [0.2, 0.25) is 0 Å². The van der Waals surface area contributed by atoms with Crippen molar-refractivity contribution in [2.24, 2.45) is 5.92 Å². The number of anilines is 2. The summed E-state index contributed by atoms with van der Waals surface area (Å²) in [5.74, 6) is 2.13. The second kappa shape index (κ2) is 4.91. The van der Waals surface area contributed by atoms with Crippen molar-refractivity contribution in [3.63, 3.8) is 0 Å². The number of nitrogen functional groups attached to an aromatic ring is 1. The van der Waals surface area contributed by atoms with Crippen LogP contribution < -0.4 is 15.8 Å². The van der Waals surface area contributed by atoms with Crippen LogP contribution >= 0.6 is 11.5 Å². The van der Waals surface area contributed by atoms with Gasteiger partial charge in [0.15, 0.2) is 16.6 Å². The van der Waals surface area contributed by atoms with Crippen molar-refractivity contribution in [1.82, 2.24) is 4.37 Å². The highest BCUT2D eigenvalue weighted by Gasteiger charge is 2.24. The lowest BCUT2D eigenvalue weighted by Crippen LogP contribution is -2.15. The second-order valence-electron chi connectivity index (χ2n) is 4.38. The Hall–Kier alpha value is -0.970. The van der Waals surface area contributed by atoms with Crippen LogP contribution in [0.15, 0.2) is 0 Å². The van der Waals surface area contributed by atoms with Gasteiger partial charge in [-0.05, 0) is 37.7 Å². The number of rotatable bonds is 6. The zero-order valence-electron chi connectivity index (χ0n) is 9.82. The third-order valence-electron chi connectivity index (χ3n) is 2.72. The molecule has 1 saturated carbocycles. The van der Waals surface area contributed by atoms with Crippen molar-refractivity contribution in [2.45, 2.75) is 39.2 Å². The standard InChI is InChI=1S/C11H19N3OS/c1-3-15-9-10(12)14-16-11(9)13-7(2)6-8-4-5-8/h7-8,13H,3-6H2,1-2H3,(H2,12,14). The van der Waals surface area contributed by atoms with Crippen molar-refractivity contribution < 1.29 is 4.74 Å². The molecule has 1 unspecified atom stereocenters. The molecule has 0 aliphatic heterocycles. The fraction of sp³-hybridized carbons (Fsp3) is 0.727. The minimum Gasteiger partial charge on any atom is -0.487 e. The van der Waals surface area contributed by atoms with Gasteiger partial charge in [-0.2, -0.15) is 4.37 Å². The molecule has 1 aliphatic carbocycles. The molecule has 1 aromatic rings. The summed E-state index contributed by atoms with van der Waals surface area (Å²) in [6.07, 6.45) is 3.99. The summed E-state index contributed by atoms with van der Waals surface area (Å²) in [5.41, 5.74) is 5.75. The van der Waals surface area contributed by atoms with Crippen LogP contribution in [0.2, 0.25) is 0 Å². The Bertz CT molecular complexity index is 349. The maximum atomic E-state index is 5.75. The lowest BCUT2D eigenvalue weighted by atomic mass is 10.2. The summed E-state index contributed by atoms with van der Waals surface area (Å²) >= 11 is 1.38. The Labute approximate surface area is 100 Å². The van der Waals surface area contributed by atoms with Crippen LogP contribution in [0.3, 0.4) is 0 Å². The number of ether oxygens (including phenoxy) is 1. The monoisotopic (exact) mass is 241 g/mol. The molecule has 0 saturated heterocycles. The molecule has 0 aromatic carbocycles. The number of nitrogens with one attached hydrogen (secondary N) is 1. The number of aromatic nitrogens is 1. The summed E-state index contributed by atoms with van der Waals surface area (Å²) in [4.78, 5) is 0. The molecule has 0 spiro atoms. The van der Waals surface area contributed by atoms with Crippen LogP contribution in [0.1, 0.15) is 33.1 Å². The molecule has 1 atom stereocenters. The van der Waals surface area contributed by atoms with E-state index >= 15 is 0 Å². The van der Waals surface area contributed by atoms with E-state index in [1.54, 1.807) is 0 Å². The summed E-state index contributed by atoms with van der Waals surface area (Å²) in [5, 5.41) is 4.40. The van der Waals surface area contributed by atoms with Crippen LogP contribution in [0.25, 0.3) is 0 Å². The quantitative estimate of drug-likeness (QED) is 0.804. The molecule has 3 N–H and O–H groups in total. The van der Waals surface area contributed by atoms with Gasteiger partial charge in [-0.15, -0.1) is 0 Å². The van der Waals surface area contributed by atoms with Crippen LogP contribution in [-0.2, 0) is 0 Å². The van der Waals surface area contributed by atoms with E-state index in [1.807, 2.05) is 6.92 Å². The number of nitrogens with zero attached hydrogens (tertiary/aromatic N) is 1. The first kappa shape index (κ1) is 11.5. The molecular weight excluding hydrogens is 222 g/mol. The lowest BCUT2D eigenvalue weighted by Gasteiger charge is -2.14.